The van der Waals surface area contributed by atoms with Gasteiger partial charge in [-0.3, -0.25) is 4.98 Å². The fraction of sp³-hybridized carbons (Fsp3) is 0.444. The lowest BCUT2D eigenvalue weighted by Crippen LogP contribution is -2.08. The van der Waals surface area contributed by atoms with Crippen LogP contribution in [0.15, 0.2) is 12.1 Å². The largest absolute Gasteiger partial charge is 0.323 e. The number of hydrogen-bond donors (Lipinski definition) is 1. The highest BCUT2D eigenvalue weighted by Crippen LogP contribution is 2.09. The van der Waals surface area contributed by atoms with E-state index in [1.807, 2.05) is 26.8 Å². The van der Waals surface area contributed by atoms with E-state index in [0.29, 0.717) is 0 Å². The Kier molecular flexibility index (Phi) is 2.25. The maximum Gasteiger partial charge on any atom is 0.0571 e. The quantitative estimate of drug-likeness (QED) is 0.662. The highest BCUT2D eigenvalue weighted by Gasteiger charge is 2.01. The minimum atomic E-state index is 0.0364. The molecule has 60 valence electrons. The normalized spacial score (nSPS) is 13.1. The molecule has 2 heteroatoms. The van der Waals surface area contributed by atoms with Crippen molar-refractivity contribution in [3.63, 3.8) is 0 Å². The standard InChI is InChI=1S/C9H14N2/c1-6-4-5-9(7(2)10)11-8(6)3/h4-5,7H,10H2,1-3H3. The average Bonchev–Trinajstić information content (AvgIpc) is 1.94. The third-order valence-corrected chi connectivity index (χ3v) is 1.84. The number of hydrogen-bond acceptors (Lipinski definition) is 2. The molecule has 11 heavy (non-hydrogen) atoms. The number of aromatic nitrogens is 1. The van der Waals surface area contributed by atoms with Crippen molar-refractivity contribution in [3.05, 3.63) is 29.1 Å². The van der Waals surface area contributed by atoms with Gasteiger partial charge in [-0.2, -0.15) is 0 Å². The van der Waals surface area contributed by atoms with Crippen LogP contribution in [0.25, 0.3) is 0 Å². The molecule has 0 aliphatic carbocycles. The molecule has 1 unspecified atom stereocenters. The Balaban J connectivity index is 3.05. The Labute approximate surface area is 67.5 Å². The topological polar surface area (TPSA) is 38.9 Å². The smallest absolute Gasteiger partial charge is 0.0571 e. The van der Waals surface area contributed by atoms with Crippen molar-refractivity contribution in [2.45, 2.75) is 26.8 Å². The Morgan fingerprint density at radius 2 is 2.00 bits per heavy atom. The van der Waals surface area contributed by atoms with E-state index in [2.05, 4.69) is 11.1 Å². The minimum Gasteiger partial charge on any atom is -0.323 e. The second-order valence-electron chi connectivity index (χ2n) is 2.93. The minimum absolute atomic E-state index is 0.0364. The summed E-state index contributed by atoms with van der Waals surface area (Å²) in [6.45, 7) is 5.99. The van der Waals surface area contributed by atoms with Gasteiger partial charge in [0.05, 0.1) is 5.69 Å². The molecule has 0 aromatic carbocycles. The molecule has 0 amide bonds. The molecule has 1 heterocycles. The van der Waals surface area contributed by atoms with Crippen LogP contribution in [0.4, 0.5) is 0 Å². The van der Waals surface area contributed by atoms with Crippen molar-refractivity contribution >= 4 is 0 Å². The number of rotatable bonds is 1. The van der Waals surface area contributed by atoms with Gasteiger partial charge in [0.1, 0.15) is 0 Å². The van der Waals surface area contributed by atoms with Gasteiger partial charge in [0.15, 0.2) is 0 Å². The molecule has 0 radical (unpaired) electrons. The van der Waals surface area contributed by atoms with Gasteiger partial charge in [-0.1, -0.05) is 6.07 Å². The van der Waals surface area contributed by atoms with Crippen molar-refractivity contribution in [3.8, 4) is 0 Å². The summed E-state index contributed by atoms with van der Waals surface area (Å²) in [7, 11) is 0. The van der Waals surface area contributed by atoms with Gasteiger partial charge >= 0.3 is 0 Å². The van der Waals surface area contributed by atoms with Crippen LogP contribution in [0.5, 0.6) is 0 Å². The number of nitrogens with zero attached hydrogens (tertiary/aromatic N) is 1. The first-order chi connectivity index (χ1) is 5.11. The fourth-order valence-electron chi connectivity index (χ4n) is 0.904. The van der Waals surface area contributed by atoms with E-state index in [0.717, 1.165) is 11.4 Å². The van der Waals surface area contributed by atoms with Gasteiger partial charge in [-0.15, -0.1) is 0 Å². The van der Waals surface area contributed by atoms with E-state index >= 15 is 0 Å². The van der Waals surface area contributed by atoms with Crippen molar-refractivity contribution in [2.75, 3.05) is 0 Å². The zero-order valence-electron chi connectivity index (χ0n) is 7.26. The lowest BCUT2D eigenvalue weighted by Gasteiger charge is -2.06. The fourth-order valence-corrected chi connectivity index (χ4v) is 0.904. The first kappa shape index (κ1) is 8.21. The van der Waals surface area contributed by atoms with Crippen LogP contribution in [-0.4, -0.2) is 4.98 Å². The van der Waals surface area contributed by atoms with Gasteiger partial charge in [0.25, 0.3) is 0 Å². The highest BCUT2D eigenvalue weighted by molar-refractivity contribution is 5.21. The van der Waals surface area contributed by atoms with Crippen molar-refractivity contribution in [1.82, 2.24) is 4.98 Å². The van der Waals surface area contributed by atoms with E-state index < -0.39 is 0 Å². The SMILES string of the molecule is Cc1ccc(C(C)N)nc1C. The van der Waals surface area contributed by atoms with Crippen LogP contribution in [-0.2, 0) is 0 Å². The lowest BCUT2D eigenvalue weighted by molar-refractivity contribution is 0.773. The summed E-state index contributed by atoms with van der Waals surface area (Å²) in [5, 5.41) is 0. The summed E-state index contributed by atoms with van der Waals surface area (Å²) in [5.41, 5.74) is 8.92. The highest BCUT2D eigenvalue weighted by atomic mass is 14.8. The van der Waals surface area contributed by atoms with E-state index in [9.17, 15) is 0 Å². The average molecular weight is 150 g/mol. The molecule has 1 atom stereocenters. The second-order valence-corrected chi connectivity index (χ2v) is 2.93. The monoisotopic (exact) mass is 150 g/mol. The molecule has 1 aromatic rings. The Morgan fingerprint density at radius 3 is 2.45 bits per heavy atom. The van der Waals surface area contributed by atoms with E-state index in [1.54, 1.807) is 0 Å². The molecule has 2 nitrogen and oxygen atoms in total. The second kappa shape index (κ2) is 3.01. The Hall–Kier alpha value is -0.890. The molecule has 2 N–H and O–H groups in total. The van der Waals surface area contributed by atoms with Crippen LogP contribution < -0.4 is 5.73 Å². The number of pyridine rings is 1. The van der Waals surface area contributed by atoms with Gasteiger partial charge in [-0.25, -0.2) is 0 Å². The van der Waals surface area contributed by atoms with Crippen molar-refractivity contribution in [2.24, 2.45) is 5.73 Å². The molecule has 0 bridgehead atoms. The van der Waals surface area contributed by atoms with Gasteiger partial charge in [0.2, 0.25) is 0 Å². The maximum atomic E-state index is 5.67. The van der Waals surface area contributed by atoms with Crippen molar-refractivity contribution in [1.29, 1.82) is 0 Å². The van der Waals surface area contributed by atoms with Gasteiger partial charge < -0.3 is 5.73 Å². The zero-order valence-corrected chi connectivity index (χ0v) is 7.26. The van der Waals surface area contributed by atoms with Crippen LogP contribution in [0.3, 0.4) is 0 Å². The predicted octanol–water partition coefficient (Wildman–Crippen LogP) is 1.72. The van der Waals surface area contributed by atoms with Crippen LogP contribution in [0.2, 0.25) is 0 Å². The summed E-state index contributed by atoms with van der Waals surface area (Å²) >= 11 is 0. The van der Waals surface area contributed by atoms with Gasteiger partial charge in [0, 0.05) is 11.7 Å². The summed E-state index contributed by atoms with van der Waals surface area (Å²) in [6.07, 6.45) is 0. The molecule has 1 rings (SSSR count). The van der Waals surface area contributed by atoms with Crippen LogP contribution >= 0.6 is 0 Å². The molecule has 0 aliphatic rings. The first-order valence-corrected chi connectivity index (χ1v) is 3.81. The third kappa shape index (κ3) is 1.77. The molecule has 0 aliphatic heterocycles. The molecule has 0 fully saturated rings. The number of aryl methyl sites for hydroxylation is 2. The third-order valence-electron chi connectivity index (χ3n) is 1.84. The molecule has 0 saturated heterocycles. The Morgan fingerprint density at radius 1 is 1.36 bits per heavy atom. The lowest BCUT2D eigenvalue weighted by atomic mass is 10.1. The summed E-state index contributed by atoms with van der Waals surface area (Å²) in [5.74, 6) is 0. The Bertz CT molecular complexity index is 254. The first-order valence-electron chi connectivity index (χ1n) is 3.81. The summed E-state index contributed by atoms with van der Waals surface area (Å²) < 4.78 is 0. The number of nitrogens with two attached hydrogens (primary N) is 1. The van der Waals surface area contributed by atoms with Gasteiger partial charge in [-0.05, 0) is 32.4 Å². The molecular formula is C9H14N2. The van der Waals surface area contributed by atoms with Crippen molar-refractivity contribution < 1.29 is 0 Å². The van der Waals surface area contributed by atoms with E-state index in [-0.39, 0.29) is 6.04 Å². The summed E-state index contributed by atoms with van der Waals surface area (Å²) in [4.78, 5) is 4.35. The van der Waals surface area contributed by atoms with E-state index in [1.165, 1.54) is 5.56 Å². The molecule has 0 spiro atoms. The maximum absolute atomic E-state index is 5.67. The van der Waals surface area contributed by atoms with Crippen LogP contribution in [0.1, 0.15) is 29.9 Å². The van der Waals surface area contributed by atoms with Crippen LogP contribution in [0, 0.1) is 13.8 Å². The predicted molar refractivity (Wildman–Crippen MR) is 46.3 cm³/mol. The van der Waals surface area contributed by atoms with E-state index in [4.69, 9.17) is 5.73 Å². The molecule has 0 saturated carbocycles. The molecule has 1 aromatic heterocycles. The zero-order chi connectivity index (χ0) is 8.43. The molecular weight excluding hydrogens is 136 g/mol. The summed E-state index contributed by atoms with van der Waals surface area (Å²) in [6, 6.07) is 4.07.